The summed E-state index contributed by atoms with van der Waals surface area (Å²) in [6.45, 7) is 2.42. The number of nitrogens with one attached hydrogen (secondary N) is 1. The lowest BCUT2D eigenvalue weighted by Crippen LogP contribution is -2.33. The molecule has 0 radical (unpaired) electrons. The SMILES string of the molecule is COc1cc2c(c(OC)c1OC)CCC(C(=O)CCNC(C)C(O)c1ccccc1)=C2. The van der Waals surface area contributed by atoms with Crippen LogP contribution in [0.15, 0.2) is 42.0 Å². The monoisotopic (exact) mass is 425 g/mol. The maximum Gasteiger partial charge on any atom is 0.203 e. The molecule has 0 saturated heterocycles. The number of hydrogen-bond acceptors (Lipinski definition) is 6. The van der Waals surface area contributed by atoms with Crippen molar-refractivity contribution in [2.45, 2.75) is 38.3 Å². The molecule has 1 aliphatic rings. The van der Waals surface area contributed by atoms with Crippen LogP contribution in [0.1, 0.15) is 42.6 Å². The molecule has 0 saturated carbocycles. The van der Waals surface area contributed by atoms with Crippen LogP contribution < -0.4 is 19.5 Å². The van der Waals surface area contributed by atoms with Crippen molar-refractivity contribution in [1.82, 2.24) is 5.32 Å². The lowest BCUT2D eigenvalue weighted by atomic mass is 9.88. The Balaban J connectivity index is 1.65. The molecule has 2 unspecified atom stereocenters. The van der Waals surface area contributed by atoms with Gasteiger partial charge in [0.15, 0.2) is 17.3 Å². The van der Waals surface area contributed by atoms with Crippen LogP contribution in [0.4, 0.5) is 0 Å². The molecule has 0 bridgehead atoms. The highest BCUT2D eigenvalue weighted by Gasteiger charge is 2.24. The molecule has 1 aliphatic carbocycles. The summed E-state index contributed by atoms with van der Waals surface area (Å²) in [5, 5.41) is 13.7. The second kappa shape index (κ2) is 10.5. The molecule has 166 valence electrons. The normalized spacial score (nSPS) is 14.8. The molecular formula is C25H31NO5. The third kappa shape index (κ3) is 5.09. The minimum Gasteiger partial charge on any atom is -0.493 e. The highest BCUT2D eigenvalue weighted by molar-refractivity contribution is 6.00. The number of hydrogen-bond donors (Lipinski definition) is 2. The number of aliphatic hydroxyl groups is 1. The molecule has 0 fully saturated rings. The summed E-state index contributed by atoms with van der Waals surface area (Å²) in [6, 6.07) is 11.3. The highest BCUT2D eigenvalue weighted by atomic mass is 16.5. The van der Waals surface area contributed by atoms with E-state index in [1.54, 1.807) is 21.3 Å². The number of ether oxygens (including phenoxy) is 3. The largest absolute Gasteiger partial charge is 0.493 e. The number of carbonyl (C=O) groups excluding carboxylic acids is 1. The number of methoxy groups -OCH3 is 3. The van der Waals surface area contributed by atoms with Gasteiger partial charge in [0.05, 0.1) is 27.4 Å². The minimum atomic E-state index is -0.619. The van der Waals surface area contributed by atoms with Gasteiger partial charge in [0, 0.05) is 24.6 Å². The number of carbonyl (C=O) groups is 1. The van der Waals surface area contributed by atoms with Crippen molar-refractivity contribution >= 4 is 11.9 Å². The maximum absolute atomic E-state index is 12.8. The van der Waals surface area contributed by atoms with Crippen LogP contribution in [-0.2, 0) is 11.2 Å². The van der Waals surface area contributed by atoms with Gasteiger partial charge in [-0.25, -0.2) is 0 Å². The van der Waals surface area contributed by atoms with Crippen molar-refractivity contribution in [3.63, 3.8) is 0 Å². The second-order valence-electron chi connectivity index (χ2n) is 7.65. The Bertz CT molecular complexity index is 939. The van der Waals surface area contributed by atoms with E-state index in [0.717, 1.165) is 22.3 Å². The Morgan fingerprint density at radius 1 is 1.06 bits per heavy atom. The van der Waals surface area contributed by atoms with Gasteiger partial charge < -0.3 is 24.6 Å². The fraction of sp³-hybridized carbons (Fsp3) is 0.400. The molecule has 0 aromatic heterocycles. The summed E-state index contributed by atoms with van der Waals surface area (Å²) in [5.74, 6) is 1.91. The first-order valence-electron chi connectivity index (χ1n) is 10.5. The summed E-state index contributed by atoms with van der Waals surface area (Å²) in [7, 11) is 4.78. The van der Waals surface area contributed by atoms with E-state index in [2.05, 4.69) is 5.32 Å². The van der Waals surface area contributed by atoms with E-state index in [1.165, 1.54) is 0 Å². The number of fused-ring (bicyclic) bond motifs is 1. The topological polar surface area (TPSA) is 77.0 Å². The first kappa shape index (κ1) is 22.8. The first-order valence-corrected chi connectivity index (χ1v) is 10.5. The molecule has 0 heterocycles. The quantitative estimate of drug-likeness (QED) is 0.604. The Morgan fingerprint density at radius 3 is 2.42 bits per heavy atom. The van der Waals surface area contributed by atoms with Crippen LogP contribution in [0, 0.1) is 0 Å². The lowest BCUT2D eigenvalue weighted by molar-refractivity contribution is -0.115. The first-order chi connectivity index (χ1) is 15.0. The van der Waals surface area contributed by atoms with Crippen LogP contribution in [0.5, 0.6) is 17.2 Å². The van der Waals surface area contributed by atoms with E-state index >= 15 is 0 Å². The molecule has 3 rings (SSSR count). The lowest BCUT2D eigenvalue weighted by Gasteiger charge is -2.23. The zero-order valence-corrected chi connectivity index (χ0v) is 18.6. The van der Waals surface area contributed by atoms with Crippen LogP contribution in [0.3, 0.4) is 0 Å². The van der Waals surface area contributed by atoms with Gasteiger partial charge in [-0.05, 0) is 48.6 Å². The molecular weight excluding hydrogens is 394 g/mol. The van der Waals surface area contributed by atoms with Crippen LogP contribution in [0.25, 0.3) is 6.08 Å². The third-order valence-corrected chi connectivity index (χ3v) is 5.73. The zero-order chi connectivity index (χ0) is 22.4. The van der Waals surface area contributed by atoms with Crippen molar-refractivity contribution in [2.24, 2.45) is 0 Å². The van der Waals surface area contributed by atoms with Gasteiger partial charge >= 0.3 is 0 Å². The second-order valence-corrected chi connectivity index (χ2v) is 7.65. The standard InChI is InChI=1S/C25H31NO5/c1-16(23(28)17-8-6-5-7-9-17)26-13-12-21(27)18-10-11-20-19(14-18)15-22(29-2)25(31-4)24(20)30-3/h5-9,14-16,23,26,28H,10-13H2,1-4H3. The highest BCUT2D eigenvalue weighted by Crippen LogP contribution is 2.44. The molecule has 6 nitrogen and oxygen atoms in total. The van der Waals surface area contributed by atoms with E-state index < -0.39 is 6.10 Å². The molecule has 6 heteroatoms. The molecule has 2 atom stereocenters. The van der Waals surface area contributed by atoms with Gasteiger partial charge in [0.1, 0.15) is 0 Å². The van der Waals surface area contributed by atoms with Crippen molar-refractivity contribution in [1.29, 1.82) is 0 Å². The molecule has 0 amide bonds. The summed E-state index contributed by atoms with van der Waals surface area (Å²) in [6.07, 6.45) is 3.03. The molecule has 31 heavy (non-hydrogen) atoms. The van der Waals surface area contributed by atoms with Crippen molar-refractivity contribution in [3.05, 3.63) is 58.7 Å². The predicted molar refractivity (Wildman–Crippen MR) is 121 cm³/mol. The summed E-state index contributed by atoms with van der Waals surface area (Å²) in [5.41, 5.74) is 3.60. The minimum absolute atomic E-state index is 0.105. The van der Waals surface area contributed by atoms with Gasteiger partial charge in [-0.15, -0.1) is 0 Å². The van der Waals surface area contributed by atoms with Crippen molar-refractivity contribution in [3.8, 4) is 17.2 Å². The van der Waals surface area contributed by atoms with Crippen molar-refractivity contribution in [2.75, 3.05) is 27.9 Å². The maximum atomic E-state index is 12.8. The van der Waals surface area contributed by atoms with E-state index in [1.807, 2.05) is 49.4 Å². The molecule has 0 spiro atoms. The fourth-order valence-electron chi connectivity index (χ4n) is 3.99. The average Bonchev–Trinajstić information content (AvgIpc) is 2.81. The summed E-state index contributed by atoms with van der Waals surface area (Å²) in [4.78, 5) is 12.8. The number of allylic oxidation sites excluding steroid dienone is 1. The van der Waals surface area contributed by atoms with Gasteiger partial charge in [0.2, 0.25) is 5.75 Å². The number of rotatable bonds is 10. The average molecular weight is 426 g/mol. The Hall–Kier alpha value is -2.83. The Labute approximate surface area is 183 Å². The molecule has 2 aromatic carbocycles. The number of ketones is 1. The summed E-state index contributed by atoms with van der Waals surface area (Å²) >= 11 is 0. The van der Waals surface area contributed by atoms with Gasteiger partial charge in [-0.3, -0.25) is 4.79 Å². The Morgan fingerprint density at radius 2 is 1.77 bits per heavy atom. The number of benzene rings is 2. The van der Waals surface area contributed by atoms with Gasteiger partial charge in [-0.1, -0.05) is 30.3 Å². The third-order valence-electron chi connectivity index (χ3n) is 5.73. The van der Waals surface area contributed by atoms with E-state index in [4.69, 9.17) is 14.2 Å². The van der Waals surface area contributed by atoms with Gasteiger partial charge in [0.25, 0.3) is 0 Å². The van der Waals surface area contributed by atoms with E-state index in [-0.39, 0.29) is 11.8 Å². The smallest absolute Gasteiger partial charge is 0.203 e. The van der Waals surface area contributed by atoms with Crippen LogP contribution >= 0.6 is 0 Å². The molecule has 0 aliphatic heterocycles. The van der Waals surface area contributed by atoms with E-state index in [0.29, 0.717) is 43.1 Å². The van der Waals surface area contributed by atoms with Crippen LogP contribution in [-0.4, -0.2) is 44.8 Å². The van der Waals surface area contributed by atoms with E-state index in [9.17, 15) is 9.90 Å². The van der Waals surface area contributed by atoms with Crippen LogP contribution in [0.2, 0.25) is 0 Å². The number of Topliss-reactive ketones (excluding diaryl/α,β-unsaturated/α-hetero) is 1. The molecule has 2 aromatic rings. The predicted octanol–water partition coefficient (Wildman–Crippen LogP) is 3.71. The Kier molecular flexibility index (Phi) is 7.71. The molecule has 2 N–H and O–H groups in total. The summed E-state index contributed by atoms with van der Waals surface area (Å²) < 4.78 is 16.5. The fourth-order valence-corrected chi connectivity index (χ4v) is 3.99. The van der Waals surface area contributed by atoms with Gasteiger partial charge in [-0.2, -0.15) is 0 Å². The number of aliphatic hydroxyl groups excluding tert-OH is 1. The van der Waals surface area contributed by atoms with Crippen molar-refractivity contribution < 1.29 is 24.1 Å². The zero-order valence-electron chi connectivity index (χ0n) is 18.6.